The number of methoxy groups -OCH3 is 3. The molecule has 1 aromatic rings. The van der Waals surface area contributed by atoms with Crippen LogP contribution >= 0.6 is 0 Å². The Morgan fingerprint density at radius 1 is 1.00 bits per heavy atom. The Hall–Kier alpha value is -1.71. The average molecular weight is 238 g/mol. The number of carbonyl (C=O) groups excluding carboxylic acids is 1. The molecule has 0 spiro atoms. The molecule has 4 nitrogen and oxygen atoms in total. The summed E-state index contributed by atoms with van der Waals surface area (Å²) in [6.07, 6.45) is 0.859. The van der Waals surface area contributed by atoms with Crippen molar-refractivity contribution in [1.82, 2.24) is 0 Å². The lowest BCUT2D eigenvalue weighted by atomic mass is 10.1. The van der Waals surface area contributed by atoms with Crippen molar-refractivity contribution in [3.63, 3.8) is 0 Å². The van der Waals surface area contributed by atoms with Crippen molar-refractivity contribution in [2.75, 3.05) is 21.3 Å². The molecule has 94 valence electrons. The quantitative estimate of drug-likeness (QED) is 0.762. The van der Waals surface area contributed by atoms with Crippen molar-refractivity contribution in [2.45, 2.75) is 19.8 Å². The van der Waals surface area contributed by atoms with Crippen LogP contribution < -0.4 is 14.2 Å². The summed E-state index contributed by atoms with van der Waals surface area (Å²) >= 11 is 0. The average Bonchev–Trinajstić information content (AvgIpc) is 2.37. The monoisotopic (exact) mass is 238 g/mol. The fourth-order valence-electron chi connectivity index (χ4n) is 1.57. The lowest BCUT2D eigenvalue weighted by Gasteiger charge is -2.13. The van der Waals surface area contributed by atoms with Gasteiger partial charge in [0.05, 0.1) is 21.3 Å². The van der Waals surface area contributed by atoms with E-state index in [0.29, 0.717) is 30.1 Å². The summed E-state index contributed by atoms with van der Waals surface area (Å²) < 4.78 is 15.6. The van der Waals surface area contributed by atoms with Crippen LogP contribution in [0.15, 0.2) is 12.1 Å². The maximum atomic E-state index is 11.5. The van der Waals surface area contributed by atoms with Crippen molar-refractivity contribution in [1.29, 1.82) is 0 Å². The molecule has 0 bridgehead atoms. The smallest absolute Gasteiger partial charge is 0.164 e. The summed E-state index contributed by atoms with van der Waals surface area (Å²) in [5, 5.41) is 0. The van der Waals surface area contributed by atoms with E-state index >= 15 is 0 Å². The van der Waals surface area contributed by atoms with Crippen molar-refractivity contribution >= 4 is 5.78 Å². The van der Waals surface area contributed by atoms with E-state index in [9.17, 15) is 4.79 Å². The van der Waals surface area contributed by atoms with Gasteiger partial charge in [-0.2, -0.15) is 0 Å². The van der Waals surface area contributed by atoms with Crippen LogP contribution in [0.3, 0.4) is 0 Å². The van der Waals surface area contributed by atoms with Crippen molar-refractivity contribution in [3.8, 4) is 17.2 Å². The van der Waals surface area contributed by atoms with Crippen molar-refractivity contribution < 1.29 is 19.0 Å². The van der Waals surface area contributed by atoms with Crippen LogP contribution in [0.2, 0.25) is 0 Å². The molecule has 1 rings (SSSR count). The fourth-order valence-corrected chi connectivity index (χ4v) is 1.57. The first-order chi connectivity index (χ1) is 8.15. The Morgan fingerprint density at radius 3 is 2.00 bits per heavy atom. The predicted octanol–water partition coefficient (Wildman–Crippen LogP) is 2.23. The molecule has 0 amide bonds. The van der Waals surface area contributed by atoms with Gasteiger partial charge in [-0.1, -0.05) is 6.92 Å². The molecule has 0 atom stereocenters. The lowest BCUT2D eigenvalue weighted by Crippen LogP contribution is -2.03. The number of ether oxygens (including phenoxy) is 3. The molecule has 0 fully saturated rings. The summed E-state index contributed by atoms with van der Waals surface area (Å²) in [5.74, 6) is 2.00. The van der Waals surface area contributed by atoms with Gasteiger partial charge in [0.15, 0.2) is 11.5 Å². The number of Topliss-reactive ketones (excluding diaryl/α,β-unsaturated/α-hetero) is 1. The highest BCUT2D eigenvalue weighted by atomic mass is 16.5. The van der Waals surface area contributed by atoms with Gasteiger partial charge in [-0.15, -0.1) is 0 Å². The van der Waals surface area contributed by atoms with Gasteiger partial charge >= 0.3 is 0 Å². The Labute approximate surface area is 101 Å². The number of rotatable bonds is 6. The number of carbonyl (C=O) groups is 1. The van der Waals surface area contributed by atoms with E-state index in [4.69, 9.17) is 14.2 Å². The van der Waals surface area contributed by atoms with E-state index in [1.807, 2.05) is 6.92 Å². The van der Waals surface area contributed by atoms with Crippen LogP contribution in [-0.2, 0) is 11.2 Å². The molecular formula is C13H18O4. The minimum Gasteiger partial charge on any atom is -0.496 e. The minimum absolute atomic E-state index is 0.163. The van der Waals surface area contributed by atoms with Crippen LogP contribution in [0.4, 0.5) is 0 Å². The third-order valence-electron chi connectivity index (χ3n) is 2.57. The standard InChI is InChI=1S/C13H18O4/c1-5-10(14)6-9-7-12(16-3)13(17-4)8-11(9)15-2/h7-8H,5-6H2,1-4H3. The largest absolute Gasteiger partial charge is 0.496 e. The first kappa shape index (κ1) is 13.4. The molecule has 0 aliphatic carbocycles. The first-order valence-electron chi connectivity index (χ1n) is 5.46. The second-order valence-corrected chi connectivity index (χ2v) is 3.59. The van der Waals surface area contributed by atoms with Crippen molar-refractivity contribution in [3.05, 3.63) is 17.7 Å². The Kier molecular flexibility index (Phi) is 4.82. The normalized spacial score (nSPS) is 9.88. The summed E-state index contributed by atoms with van der Waals surface area (Å²) in [6.45, 7) is 1.84. The molecule has 0 heterocycles. The van der Waals surface area contributed by atoms with Gasteiger partial charge in [0.2, 0.25) is 0 Å². The first-order valence-corrected chi connectivity index (χ1v) is 5.46. The Morgan fingerprint density at radius 2 is 1.53 bits per heavy atom. The zero-order chi connectivity index (χ0) is 12.8. The van der Waals surface area contributed by atoms with Crippen LogP contribution in [-0.4, -0.2) is 27.1 Å². The van der Waals surface area contributed by atoms with Gasteiger partial charge in [-0.3, -0.25) is 4.79 Å². The minimum atomic E-state index is 0.163. The maximum absolute atomic E-state index is 11.5. The third-order valence-corrected chi connectivity index (χ3v) is 2.57. The number of hydrogen-bond acceptors (Lipinski definition) is 4. The fraction of sp³-hybridized carbons (Fsp3) is 0.462. The molecule has 0 saturated carbocycles. The van der Waals surface area contributed by atoms with Crippen LogP contribution in [0.1, 0.15) is 18.9 Å². The van der Waals surface area contributed by atoms with Crippen LogP contribution in [0.25, 0.3) is 0 Å². The summed E-state index contributed by atoms with van der Waals surface area (Å²) in [5.41, 5.74) is 0.817. The molecule has 4 heteroatoms. The van der Waals surface area contributed by atoms with E-state index in [2.05, 4.69) is 0 Å². The van der Waals surface area contributed by atoms with Gasteiger partial charge in [0.1, 0.15) is 11.5 Å². The second-order valence-electron chi connectivity index (χ2n) is 3.59. The summed E-state index contributed by atoms with van der Waals surface area (Å²) in [4.78, 5) is 11.5. The van der Waals surface area contributed by atoms with E-state index < -0.39 is 0 Å². The molecule has 0 aliphatic heterocycles. The van der Waals surface area contributed by atoms with E-state index in [0.717, 1.165) is 5.56 Å². The molecule has 1 aromatic carbocycles. The molecule has 0 radical (unpaired) electrons. The van der Waals surface area contributed by atoms with E-state index in [1.54, 1.807) is 33.5 Å². The number of ketones is 1. The number of hydrogen-bond donors (Lipinski definition) is 0. The van der Waals surface area contributed by atoms with E-state index in [-0.39, 0.29) is 5.78 Å². The molecule has 0 aromatic heterocycles. The zero-order valence-corrected chi connectivity index (χ0v) is 10.7. The molecule has 0 unspecified atom stereocenters. The topological polar surface area (TPSA) is 44.8 Å². The third kappa shape index (κ3) is 3.12. The van der Waals surface area contributed by atoms with Crippen LogP contribution in [0, 0.1) is 0 Å². The number of benzene rings is 1. The summed E-state index contributed by atoms with van der Waals surface area (Å²) in [7, 11) is 4.70. The van der Waals surface area contributed by atoms with Gasteiger partial charge in [0, 0.05) is 24.5 Å². The zero-order valence-electron chi connectivity index (χ0n) is 10.7. The second kappa shape index (κ2) is 6.13. The Bertz CT molecular complexity index is 399. The van der Waals surface area contributed by atoms with Crippen molar-refractivity contribution in [2.24, 2.45) is 0 Å². The highest BCUT2D eigenvalue weighted by Crippen LogP contribution is 2.34. The molecular weight excluding hydrogens is 220 g/mol. The van der Waals surface area contributed by atoms with Gasteiger partial charge in [0.25, 0.3) is 0 Å². The highest BCUT2D eigenvalue weighted by molar-refractivity contribution is 5.81. The van der Waals surface area contributed by atoms with Crippen LogP contribution in [0.5, 0.6) is 17.2 Å². The predicted molar refractivity (Wildman–Crippen MR) is 65.1 cm³/mol. The molecule has 17 heavy (non-hydrogen) atoms. The Balaban J connectivity index is 3.14. The van der Waals surface area contributed by atoms with E-state index in [1.165, 1.54) is 0 Å². The van der Waals surface area contributed by atoms with Gasteiger partial charge in [-0.05, 0) is 6.07 Å². The SMILES string of the molecule is CCC(=O)Cc1cc(OC)c(OC)cc1OC. The van der Waals surface area contributed by atoms with Gasteiger partial charge in [-0.25, -0.2) is 0 Å². The molecule has 0 N–H and O–H groups in total. The highest BCUT2D eigenvalue weighted by Gasteiger charge is 2.13. The van der Waals surface area contributed by atoms with Gasteiger partial charge < -0.3 is 14.2 Å². The molecule has 0 saturated heterocycles. The molecule has 0 aliphatic rings. The maximum Gasteiger partial charge on any atom is 0.164 e. The lowest BCUT2D eigenvalue weighted by molar-refractivity contribution is -0.118. The summed E-state index contributed by atoms with van der Waals surface area (Å²) in [6, 6.07) is 3.52.